The van der Waals surface area contributed by atoms with Crippen LogP contribution in [0.15, 0.2) is 33.1 Å². The molecule has 0 saturated heterocycles. The van der Waals surface area contributed by atoms with Gasteiger partial charge in [-0.05, 0) is 29.4 Å². The Morgan fingerprint density at radius 1 is 1.09 bits per heavy atom. The minimum atomic E-state index is 0.208. The second-order valence-corrected chi connectivity index (χ2v) is 7.67. The maximum Gasteiger partial charge on any atom is 0.222 e. The van der Waals surface area contributed by atoms with E-state index in [4.69, 9.17) is 19.5 Å². The van der Waals surface area contributed by atoms with E-state index in [2.05, 4.69) is 45.2 Å². The molecule has 1 aromatic rings. The molecular formula is C18H24N2O2S. The van der Waals surface area contributed by atoms with Gasteiger partial charge < -0.3 is 9.47 Å². The lowest BCUT2D eigenvalue weighted by Gasteiger charge is -2.07. The van der Waals surface area contributed by atoms with Gasteiger partial charge in [0.05, 0.1) is 17.7 Å². The average molecular weight is 332 g/mol. The lowest BCUT2D eigenvalue weighted by atomic mass is 10.1. The Morgan fingerprint density at radius 3 is 2.04 bits per heavy atom. The van der Waals surface area contributed by atoms with Crippen LogP contribution in [0.4, 0.5) is 0 Å². The first-order chi connectivity index (χ1) is 11.0. The van der Waals surface area contributed by atoms with Gasteiger partial charge in [0.2, 0.25) is 11.8 Å². The van der Waals surface area contributed by atoms with Crippen molar-refractivity contribution in [1.29, 1.82) is 0 Å². The molecule has 0 aromatic carbocycles. The molecule has 0 aliphatic carbocycles. The van der Waals surface area contributed by atoms with Crippen molar-refractivity contribution in [2.45, 2.75) is 39.8 Å². The predicted octanol–water partition coefficient (Wildman–Crippen LogP) is 4.04. The molecule has 0 unspecified atom stereocenters. The van der Waals surface area contributed by atoms with E-state index in [0.29, 0.717) is 36.8 Å². The Hall–Kier alpha value is -1.62. The molecule has 23 heavy (non-hydrogen) atoms. The maximum absolute atomic E-state index is 5.87. The third-order valence-corrected chi connectivity index (χ3v) is 5.00. The second kappa shape index (κ2) is 6.87. The number of ether oxygens (including phenoxy) is 2. The van der Waals surface area contributed by atoms with Gasteiger partial charge in [-0.15, -0.1) is 11.3 Å². The lowest BCUT2D eigenvalue weighted by molar-refractivity contribution is 0.284. The lowest BCUT2D eigenvalue weighted by Crippen LogP contribution is -2.14. The third-order valence-electron chi connectivity index (χ3n) is 4.18. The van der Waals surface area contributed by atoms with E-state index >= 15 is 0 Å². The van der Waals surface area contributed by atoms with Gasteiger partial charge in [0.25, 0.3) is 0 Å². The van der Waals surface area contributed by atoms with E-state index in [-0.39, 0.29) is 12.1 Å². The fourth-order valence-corrected chi connectivity index (χ4v) is 3.14. The smallest absolute Gasteiger partial charge is 0.222 e. The molecule has 0 N–H and O–H groups in total. The van der Waals surface area contributed by atoms with E-state index in [9.17, 15) is 0 Å². The molecule has 2 aliphatic rings. The number of thiophene rings is 1. The highest BCUT2D eigenvalue weighted by molar-refractivity contribution is 7.10. The van der Waals surface area contributed by atoms with Gasteiger partial charge in [-0.25, -0.2) is 9.98 Å². The number of aliphatic imine (C=N–C) groups is 2. The highest BCUT2D eigenvalue weighted by Crippen LogP contribution is 2.25. The first kappa shape index (κ1) is 16.2. The fourth-order valence-electron chi connectivity index (χ4n) is 2.49. The zero-order chi connectivity index (χ0) is 16.4. The summed E-state index contributed by atoms with van der Waals surface area (Å²) in [4.78, 5) is 10.7. The van der Waals surface area contributed by atoms with Gasteiger partial charge in [-0.3, -0.25) is 0 Å². The Labute approximate surface area is 141 Å². The molecule has 0 bridgehead atoms. The molecule has 5 heteroatoms. The van der Waals surface area contributed by atoms with Crippen LogP contribution in [0.3, 0.4) is 0 Å². The molecule has 0 spiro atoms. The van der Waals surface area contributed by atoms with Crippen LogP contribution in [-0.4, -0.2) is 37.1 Å². The Balaban J connectivity index is 1.93. The molecular weight excluding hydrogens is 308 g/mol. The Morgan fingerprint density at radius 2 is 1.65 bits per heavy atom. The maximum atomic E-state index is 5.87. The summed E-state index contributed by atoms with van der Waals surface area (Å²) in [6.45, 7) is 9.94. The summed E-state index contributed by atoms with van der Waals surface area (Å²) in [5, 5.41) is 2.06. The minimum absolute atomic E-state index is 0.208. The largest absolute Gasteiger partial charge is 0.475 e. The van der Waals surface area contributed by atoms with Crippen molar-refractivity contribution >= 4 is 29.2 Å². The van der Waals surface area contributed by atoms with E-state index in [1.807, 2.05) is 6.07 Å². The van der Waals surface area contributed by atoms with Gasteiger partial charge in [-0.2, -0.15) is 0 Å². The van der Waals surface area contributed by atoms with Gasteiger partial charge in [0, 0.05) is 4.88 Å². The molecule has 0 fully saturated rings. The van der Waals surface area contributed by atoms with Gasteiger partial charge in [-0.1, -0.05) is 33.8 Å². The molecule has 4 nitrogen and oxygen atoms in total. The molecule has 0 radical (unpaired) electrons. The molecule has 124 valence electrons. The minimum Gasteiger partial charge on any atom is -0.475 e. The van der Waals surface area contributed by atoms with E-state index in [0.717, 1.165) is 10.5 Å². The van der Waals surface area contributed by atoms with E-state index < -0.39 is 0 Å². The first-order valence-corrected chi connectivity index (χ1v) is 9.09. The Kier molecular flexibility index (Phi) is 4.85. The van der Waals surface area contributed by atoms with Gasteiger partial charge in [0.1, 0.15) is 13.2 Å². The molecule has 2 aliphatic heterocycles. The Bertz CT molecular complexity index is 593. The molecule has 3 heterocycles. The summed E-state index contributed by atoms with van der Waals surface area (Å²) in [5.41, 5.74) is 0.874. The summed E-state index contributed by atoms with van der Waals surface area (Å²) in [6, 6.07) is 4.53. The van der Waals surface area contributed by atoms with E-state index in [1.54, 1.807) is 11.3 Å². The first-order valence-electron chi connectivity index (χ1n) is 8.21. The van der Waals surface area contributed by atoms with Crippen molar-refractivity contribution in [1.82, 2.24) is 0 Å². The van der Waals surface area contributed by atoms with Crippen molar-refractivity contribution < 1.29 is 9.47 Å². The average Bonchev–Trinajstić information content (AvgIpc) is 3.25. The number of rotatable bonds is 5. The predicted molar refractivity (Wildman–Crippen MR) is 96.3 cm³/mol. The molecule has 0 amide bonds. The van der Waals surface area contributed by atoms with Crippen LogP contribution in [0, 0.1) is 11.8 Å². The van der Waals surface area contributed by atoms with Crippen LogP contribution in [0.25, 0.3) is 6.08 Å². The monoisotopic (exact) mass is 332 g/mol. The van der Waals surface area contributed by atoms with Crippen molar-refractivity contribution in [3.8, 4) is 0 Å². The van der Waals surface area contributed by atoms with Crippen LogP contribution in [0.1, 0.15) is 32.6 Å². The van der Waals surface area contributed by atoms with Gasteiger partial charge in [0.15, 0.2) is 0 Å². The number of hydrogen-bond donors (Lipinski definition) is 0. The number of nitrogens with zero attached hydrogens (tertiary/aromatic N) is 2. The quantitative estimate of drug-likeness (QED) is 0.817. The zero-order valence-electron chi connectivity index (χ0n) is 14.2. The van der Waals surface area contributed by atoms with Crippen LogP contribution < -0.4 is 0 Å². The van der Waals surface area contributed by atoms with Crippen LogP contribution in [0.5, 0.6) is 0 Å². The molecule has 1 aromatic heterocycles. The third kappa shape index (κ3) is 3.66. The normalized spacial score (nSPS) is 23.6. The van der Waals surface area contributed by atoms with Crippen molar-refractivity contribution in [3.63, 3.8) is 0 Å². The van der Waals surface area contributed by atoms with E-state index in [1.165, 1.54) is 0 Å². The SMILES string of the molecule is CC(C)[C@H]1COC(C(=Cc2cccs2)C2=N[C@@H](C(C)C)CO2)=N1. The molecule has 2 atom stereocenters. The van der Waals surface area contributed by atoms with Crippen LogP contribution in [-0.2, 0) is 9.47 Å². The summed E-state index contributed by atoms with van der Waals surface area (Å²) in [7, 11) is 0. The second-order valence-electron chi connectivity index (χ2n) is 6.69. The topological polar surface area (TPSA) is 43.2 Å². The van der Waals surface area contributed by atoms with Crippen molar-refractivity contribution in [2.75, 3.05) is 13.2 Å². The summed E-state index contributed by atoms with van der Waals surface area (Å²) in [5.74, 6) is 2.26. The molecule has 3 rings (SSSR count). The van der Waals surface area contributed by atoms with Crippen LogP contribution in [0.2, 0.25) is 0 Å². The highest BCUT2D eigenvalue weighted by Gasteiger charge is 2.31. The zero-order valence-corrected chi connectivity index (χ0v) is 15.0. The summed E-state index contributed by atoms with van der Waals surface area (Å²) in [6.07, 6.45) is 2.08. The van der Waals surface area contributed by atoms with Gasteiger partial charge >= 0.3 is 0 Å². The highest BCUT2D eigenvalue weighted by atomic mass is 32.1. The van der Waals surface area contributed by atoms with Crippen molar-refractivity contribution in [2.24, 2.45) is 21.8 Å². The number of hydrogen-bond acceptors (Lipinski definition) is 5. The van der Waals surface area contributed by atoms with Crippen LogP contribution >= 0.6 is 11.3 Å². The molecule has 0 saturated carbocycles. The van der Waals surface area contributed by atoms with Crippen molar-refractivity contribution in [3.05, 3.63) is 28.0 Å². The summed E-state index contributed by atoms with van der Waals surface area (Å²) < 4.78 is 11.7. The summed E-state index contributed by atoms with van der Waals surface area (Å²) >= 11 is 1.69. The standard InChI is InChI=1S/C18H24N2O2S/c1-11(2)15-9-21-17(19-15)14(8-13-6-5-7-23-13)18-20-16(10-22-18)12(3)4/h5-8,11-12,15-16H,9-10H2,1-4H3/t15-,16-/m1/s1. The fraction of sp³-hybridized carbons (Fsp3) is 0.556.